The summed E-state index contributed by atoms with van der Waals surface area (Å²) in [5.74, 6) is 1.82. The van der Waals surface area contributed by atoms with Gasteiger partial charge in [0.1, 0.15) is 0 Å². The molecular weight excluding hydrogens is 415 g/mol. The fourth-order valence-corrected chi connectivity index (χ4v) is 11.2. The predicted octanol–water partition coefficient (Wildman–Crippen LogP) is 0.701. The minimum absolute atomic E-state index is 0.120. The molecule has 2 aromatic rings. The quantitative estimate of drug-likeness (QED) is 0.527. The summed E-state index contributed by atoms with van der Waals surface area (Å²) in [7, 11) is -4.60. The Morgan fingerprint density at radius 2 is 1.42 bits per heavy atom. The molecule has 0 saturated carbocycles. The van der Waals surface area contributed by atoms with Crippen LogP contribution in [0.25, 0.3) is 0 Å². The van der Waals surface area contributed by atoms with E-state index in [0.717, 1.165) is 10.6 Å². The minimum atomic E-state index is -4.60. The first-order valence-corrected chi connectivity index (χ1v) is 12.0. The van der Waals surface area contributed by atoms with Gasteiger partial charge in [-0.2, -0.15) is 0 Å². The molecule has 24 heavy (non-hydrogen) atoms. The zero-order valence-electron chi connectivity index (χ0n) is 12.8. The van der Waals surface area contributed by atoms with Crippen molar-refractivity contribution in [1.29, 1.82) is 0 Å². The SMILES string of the molecule is [O-][Cl+3]([O-])([O-])OP1(c2ccccc2)(c2ccccc2)C=CC(Br)CC1. The third-order valence-corrected chi connectivity index (χ3v) is 11.9. The average molecular weight is 432 g/mol. The van der Waals surface area contributed by atoms with Gasteiger partial charge in [-0.15, -0.1) is 0 Å². The van der Waals surface area contributed by atoms with E-state index in [-0.39, 0.29) is 4.83 Å². The van der Waals surface area contributed by atoms with Crippen LogP contribution in [-0.4, -0.2) is 11.0 Å². The van der Waals surface area contributed by atoms with Crippen LogP contribution in [0.1, 0.15) is 6.42 Å². The standard InChI is InChI=1S/C17H17BrClO4P/c18-15-11-13-24(14-12-15,23-19(20,21)22,16-7-3-1-4-8-16)17-9-5-2-6-10-17/h1-11,13,15H,12,14H2. The van der Waals surface area contributed by atoms with E-state index >= 15 is 0 Å². The summed E-state index contributed by atoms with van der Waals surface area (Å²) in [6.45, 7) is -3.79. The van der Waals surface area contributed by atoms with Crippen LogP contribution >= 0.6 is 22.8 Å². The maximum atomic E-state index is 11.7. The van der Waals surface area contributed by atoms with Crippen molar-refractivity contribution in [2.24, 2.45) is 0 Å². The number of benzene rings is 2. The number of alkyl halides is 1. The van der Waals surface area contributed by atoms with E-state index < -0.39 is 17.1 Å². The van der Waals surface area contributed by atoms with Crippen LogP contribution in [0, 0.1) is 10.2 Å². The van der Waals surface area contributed by atoms with Crippen molar-refractivity contribution in [3.05, 3.63) is 72.6 Å². The summed E-state index contributed by atoms with van der Waals surface area (Å²) in [6, 6.07) is 18.4. The van der Waals surface area contributed by atoms with E-state index in [0.29, 0.717) is 12.6 Å². The Hall–Kier alpha value is -0.780. The van der Waals surface area contributed by atoms with E-state index in [1.54, 1.807) is 0 Å². The zero-order chi connectivity index (χ0) is 17.3. The fraction of sp³-hybridized carbons (Fsp3) is 0.176. The van der Waals surface area contributed by atoms with Gasteiger partial charge in [0, 0.05) is 0 Å². The van der Waals surface area contributed by atoms with Gasteiger partial charge in [-0.05, 0) is 0 Å². The first-order valence-electron chi connectivity index (χ1n) is 7.44. The van der Waals surface area contributed by atoms with Crippen LogP contribution in [-0.2, 0) is 4.08 Å². The zero-order valence-corrected chi connectivity index (χ0v) is 16.0. The number of halogens is 2. The Labute approximate surface area is 151 Å². The summed E-state index contributed by atoms with van der Waals surface area (Å²) >= 11 is 3.54. The van der Waals surface area contributed by atoms with Crippen molar-refractivity contribution in [3.8, 4) is 0 Å². The molecule has 128 valence electrons. The molecule has 1 aliphatic heterocycles. The predicted molar refractivity (Wildman–Crippen MR) is 91.5 cm³/mol. The third-order valence-electron chi connectivity index (χ3n) is 4.35. The molecule has 0 fully saturated rings. The van der Waals surface area contributed by atoms with Crippen LogP contribution in [0.3, 0.4) is 0 Å². The Kier molecular flexibility index (Phi) is 4.89. The fourth-order valence-electron chi connectivity index (χ4n) is 3.25. The first-order chi connectivity index (χ1) is 11.3. The van der Waals surface area contributed by atoms with Crippen molar-refractivity contribution in [3.63, 3.8) is 0 Å². The molecule has 3 rings (SSSR count). The van der Waals surface area contributed by atoms with E-state index in [4.69, 9.17) is 4.08 Å². The molecule has 0 aliphatic carbocycles. The van der Waals surface area contributed by atoms with Gasteiger partial charge in [0.25, 0.3) is 0 Å². The second kappa shape index (κ2) is 6.50. The van der Waals surface area contributed by atoms with E-state index in [1.807, 2.05) is 72.6 Å². The Morgan fingerprint density at radius 3 is 1.79 bits per heavy atom. The Morgan fingerprint density at radius 1 is 0.917 bits per heavy atom. The van der Waals surface area contributed by atoms with E-state index in [1.165, 1.54) is 0 Å². The number of rotatable bonds is 4. The Balaban J connectivity index is 2.36. The molecular formula is C17H17BrClO4P. The van der Waals surface area contributed by atoms with Crippen molar-refractivity contribution in [2.45, 2.75) is 11.2 Å². The number of hydrogen-bond acceptors (Lipinski definition) is 4. The van der Waals surface area contributed by atoms with Crippen molar-refractivity contribution in [1.82, 2.24) is 0 Å². The summed E-state index contributed by atoms with van der Waals surface area (Å²) in [5, 5.41) is 1.47. The second-order valence-electron chi connectivity index (χ2n) is 5.77. The summed E-state index contributed by atoms with van der Waals surface area (Å²) in [6.07, 6.45) is 3.01. The van der Waals surface area contributed by atoms with Crippen molar-refractivity contribution < 1.29 is 28.3 Å². The molecule has 0 N–H and O–H groups in total. The van der Waals surface area contributed by atoms with Gasteiger partial charge in [-0.1, -0.05) is 0 Å². The van der Waals surface area contributed by atoms with Crippen molar-refractivity contribution >= 4 is 33.4 Å². The molecule has 4 nitrogen and oxygen atoms in total. The molecule has 1 atom stereocenters. The van der Waals surface area contributed by atoms with E-state index in [9.17, 15) is 14.0 Å². The third kappa shape index (κ3) is 3.18. The van der Waals surface area contributed by atoms with Gasteiger partial charge in [0.05, 0.1) is 0 Å². The van der Waals surface area contributed by atoms with Gasteiger partial charge in [0.15, 0.2) is 0 Å². The number of allylic oxidation sites excluding steroid dienone is 1. The molecule has 0 aromatic heterocycles. The molecule has 1 unspecified atom stereocenters. The molecule has 2 aromatic carbocycles. The normalized spacial score (nSPS) is 24.0. The van der Waals surface area contributed by atoms with E-state index in [2.05, 4.69) is 15.9 Å². The molecule has 0 spiro atoms. The molecule has 0 bridgehead atoms. The van der Waals surface area contributed by atoms with Gasteiger partial charge < -0.3 is 0 Å². The molecule has 0 amide bonds. The molecule has 1 aliphatic rings. The number of hydrogen-bond donors (Lipinski definition) is 0. The average Bonchev–Trinajstić information content (AvgIpc) is 2.58. The van der Waals surface area contributed by atoms with Gasteiger partial charge in [0.2, 0.25) is 0 Å². The first kappa shape index (κ1) is 18.0. The molecule has 7 heteroatoms. The summed E-state index contributed by atoms with van der Waals surface area (Å²) < 4.78 is 40.6. The molecule has 0 radical (unpaired) electrons. The Bertz CT molecular complexity index is 694. The maximum absolute atomic E-state index is 11.7. The van der Waals surface area contributed by atoms with Crippen LogP contribution in [0.2, 0.25) is 0 Å². The van der Waals surface area contributed by atoms with Gasteiger partial charge in [-0.25, -0.2) is 0 Å². The van der Waals surface area contributed by atoms with Crippen LogP contribution in [0.5, 0.6) is 0 Å². The molecule has 1 heterocycles. The van der Waals surface area contributed by atoms with Crippen LogP contribution in [0.4, 0.5) is 0 Å². The second-order valence-corrected chi connectivity index (χ2v) is 12.6. The topological polar surface area (TPSA) is 78.4 Å². The summed E-state index contributed by atoms with van der Waals surface area (Å²) in [4.78, 5) is 0.120. The summed E-state index contributed by atoms with van der Waals surface area (Å²) in [5.41, 5.74) is 0. The van der Waals surface area contributed by atoms with Crippen molar-refractivity contribution in [2.75, 3.05) is 6.16 Å². The van der Waals surface area contributed by atoms with Crippen LogP contribution < -0.4 is 24.6 Å². The van der Waals surface area contributed by atoms with Gasteiger partial charge >= 0.3 is 152 Å². The van der Waals surface area contributed by atoms with Gasteiger partial charge in [-0.3, -0.25) is 0 Å². The molecule has 0 saturated heterocycles. The monoisotopic (exact) mass is 430 g/mol. The van der Waals surface area contributed by atoms with Crippen LogP contribution in [0.15, 0.2) is 72.6 Å².